The topological polar surface area (TPSA) is 90.9 Å². The number of anilines is 1. The van der Waals surface area contributed by atoms with Crippen LogP contribution in [0.2, 0.25) is 0 Å². The van der Waals surface area contributed by atoms with Gasteiger partial charge in [-0.15, -0.1) is 0 Å². The van der Waals surface area contributed by atoms with Gasteiger partial charge in [0.05, 0.1) is 25.3 Å². The number of esters is 2. The average Bonchev–Trinajstić information content (AvgIpc) is 2.65. The highest BCUT2D eigenvalue weighted by molar-refractivity contribution is 5.99. The number of rotatable bonds is 6. The Morgan fingerprint density at radius 3 is 2.04 bits per heavy atom. The molecule has 2 aromatic carbocycles. The first kappa shape index (κ1) is 19.8. The molecule has 7 nitrogen and oxygen atoms in total. The second-order valence-electron chi connectivity index (χ2n) is 5.19. The quantitative estimate of drug-likeness (QED) is 0.776. The van der Waals surface area contributed by atoms with Gasteiger partial charge in [0.2, 0.25) is 0 Å². The highest BCUT2D eigenvalue weighted by Gasteiger charge is 2.15. The number of amides is 1. The maximum Gasteiger partial charge on any atom is 0.337 e. The number of hydrogen-bond acceptors (Lipinski definition) is 6. The summed E-state index contributed by atoms with van der Waals surface area (Å²) < 4.78 is 40.5. The second-order valence-corrected chi connectivity index (χ2v) is 5.19. The summed E-state index contributed by atoms with van der Waals surface area (Å²) in [5.41, 5.74) is 0.133. The maximum absolute atomic E-state index is 13.5. The third-order valence-electron chi connectivity index (χ3n) is 3.31. The first-order valence-corrected chi connectivity index (χ1v) is 7.53. The lowest BCUT2D eigenvalue weighted by molar-refractivity contribution is -0.118. The maximum atomic E-state index is 13.5. The number of nitrogens with one attached hydrogen (secondary N) is 1. The van der Waals surface area contributed by atoms with Crippen LogP contribution in [0.3, 0.4) is 0 Å². The fraction of sp³-hybridized carbons (Fsp3) is 0.167. The van der Waals surface area contributed by atoms with Crippen molar-refractivity contribution in [2.24, 2.45) is 0 Å². The molecule has 9 heteroatoms. The molecule has 2 aromatic rings. The Morgan fingerprint density at radius 1 is 0.926 bits per heavy atom. The first-order valence-electron chi connectivity index (χ1n) is 7.53. The molecule has 0 saturated heterocycles. The summed E-state index contributed by atoms with van der Waals surface area (Å²) in [4.78, 5) is 35.4. The summed E-state index contributed by atoms with van der Waals surface area (Å²) in [7, 11) is 2.33. The molecule has 1 amide bonds. The lowest BCUT2D eigenvalue weighted by atomic mass is 10.1. The predicted molar refractivity (Wildman–Crippen MR) is 89.6 cm³/mol. The molecule has 0 spiro atoms. The van der Waals surface area contributed by atoms with Gasteiger partial charge in [-0.05, 0) is 30.3 Å². The van der Waals surface area contributed by atoms with Gasteiger partial charge in [0.1, 0.15) is 5.82 Å². The van der Waals surface area contributed by atoms with Crippen molar-refractivity contribution in [1.29, 1.82) is 0 Å². The van der Waals surface area contributed by atoms with Crippen molar-refractivity contribution in [2.75, 3.05) is 26.1 Å². The molecule has 142 valence electrons. The van der Waals surface area contributed by atoms with Crippen molar-refractivity contribution >= 4 is 23.5 Å². The van der Waals surface area contributed by atoms with Crippen LogP contribution in [-0.2, 0) is 14.3 Å². The van der Waals surface area contributed by atoms with Crippen molar-refractivity contribution in [2.45, 2.75) is 0 Å². The van der Waals surface area contributed by atoms with Gasteiger partial charge in [0.15, 0.2) is 18.2 Å². The van der Waals surface area contributed by atoms with Crippen molar-refractivity contribution in [3.63, 3.8) is 0 Å². The molecule has 0 bridgehead atoms. The van der Waals surface area contributed by atoms with E-state index in [0.717, 1.165) is 26.4 Å². The van der Waals surface area contributed by atoms with Crippen LogP contribution in [0.4, 0.5) is 14.5 Å². The number of halogens is 2. The lowest BCUT2D eigenvalue weighted by Gasteiger charge is -2.10. The fourth-order valence-electron chi connectivity index (χ4n) is 2.10. The fourth-order valence-corrected chi connectivity index (χ4v) is 2.10. The Kier molecular flexibility index (Phi) is 6.42. The minimum Gasteiger partial charge on any atom is -0.481 e. The molecule has 0 aliphatic rings. The summed E-state index contributed by atoms with van der Waals surface area (Å²) in [6, 6.07) is 6.47. The molecule has 27 heavy (non-hydrogen) atoms. The Balaban J connectivity index is 2.13. The Hall–Kier alpha value is -3.49. The summed E-state index contributed by atoms with van der Waals surface area (Å²) in [6.45, 7) is -0.585. The molecular weight excluding hydrogens is 364 g/mol. The minimum absolute atomic E-state index is 0.0150. The van der Waals surface area contributed by atoms with E-state index in [1.807, 2.05) is 0 Å². The van der Waals surface area contributed by atoms with Crippen LogP contribution in [0.1, 0.15) is 20.7 Å². The molecule has 0 fully saturated rings. The van der Waals surface area contributed by atoms with Crippen LogP contribution >= 0.6 is 0 Å². The van der Waals surface area contributed by atoms with Gasteiger partial charge >= 0.3 is 11.9 Å². The van der Waals surface area contributed by atoms with E-state index in [9.17, 15) is 23.2 Å². The van der Waals surface area contributed by atoms with Gasteiger partial charge in [0, 0.05) is 11.8 Å². The summed E-state index contributed by atoms with van der Waals surface area (Å²) >= 11 is 0. The molecule has 0 radical (unpaired) electrons. The smallest absolute Gasteiger partial charge is 0.337 e. The third-order valence-corrected chi connectivity index (χ3v) is 3.31. The average molecular weight is 379 g/mol. The number of methoxy groups -OCH3 is 2. The van der Waals surface area contributed by atoms with Crippen LogP contribution in [-0.4, -0.2) is 38.7 Å². The molecule has 0 aliphatic heterocycles. The molecule has 0 heterocycles. The SMILES string of the molecule is COC(=O)c1cc(NC(=O)COc2ccc(F)cc2F)cc(C(=O)OC)c1. The first-order chi connectivity index (χ1) is 12.8. The Morgan fingerprint density at radius 2 is 1.52 bits per heavy atom. The van der Waals surface area contributed by atoms with Crippen LogP contribution < -0.4 is 10.1 Å². The number of carbonyl (C=O) groups excluding carboxylic acids is 3. The molecule has 0 unspecified atom stereocenters. The largest absolute Gasteiger partial charge is 0.481 e. The second kappa shape index (κ2) is 8.75. The number of benzene rings is 2. The summed E-state index contributed by atoms with van der Waals surface area (Å²) in [6.07, 6.45) is 0. The van der Waals surface area contributed by atoms with E-state index in [4.69, 9.17) is 4.74 Å². The zero-order valence-corrected chi connectivity index (χ0v) is 14.4. The van der Waals surface area contributed by atoms with E-state index in [1.54, 1.807) is 0 Å². The molecule has 0 aliphatic carbocycles. The zero-order chi connectivity index (χ0) is 20.0. The predicted octanol–water partition coefficient (Wildman–Crippen LogP) is 2.56. The Bertz CT molecular complexity index is 850. The van der Waals surface area contributed by atoms with Gasteiger partial charge in [0.25, 0.3) is 5.91 Å². The molecule has 0 atom stereocenters. The van der Waals surface area contributed by atoms with E-state index >= 15 is 0 Å². The molecule has 2 rings (SSSR count). The number of ether oxygens (including phenoxy) is 3. The standard InChI is InChI=1S/C18H15F2NO6/c1-25-17(23)10-5-11(18(24)26-2)7-13(6-10)21-16(22)9-27-15-4-3-12(19)8-14(15)20/h3-8H,9H2,1-2H3,(H,21,22). The molecule has 0 saturated carbocycles. The molecule has 1 N–H and O–H groups in total. The van der Waals surface area contributed by atoms with E-state index in [1.165, 1.54) is 18.2 Å². The molecular formula is C18H15F2NO6. The molecule has 0 aromatic heterocycles. The van der Waals surface area contributed by atoms with Crippen LogP contribution in [0.15, 0.2) is 36.4 Å². The van der Waals surface area contributed by atoms with Crippen molar-refractivity contribution in [3.8, 4) is 5.75 Å². The summed E-state index contributed by atoms with van der Waals surface area (Å²) in [5, 5.41) is 2.41. The van der Waals surface area contributed by atoms with Crippen LogP contribution in [0, 0.1) is 11.6 Å². The van der Waals surface area contributed by atoms with Gasteiger partial charge in [-0.3, -0.25) is 4.79 Å². The number of hydrogen-bond donors (Lipinski definition) is 1. The van der Waals surface area contributed by atoms with Gasteiger partial charge in [-0.1, -0.05) is 0 Å². The highest BCUT2D eigenvalue weighted by atomic mass is 19.1. The highest BCUT2D eigenvalue weighted by Crippen LogP contribution is 2.19. The van der Waals surface area contributed by atoms with E-state index in [2.05, 4.69) is 14.8 Å². The van der Waals surface area contributed by atoms with E-state index < -0.39 is 36.1 Å². The van der Waals surface area contributed by atoms with Crippen molar-refractivity contribution in [3.05, 3.63) is 59.2 Å². The van der Waals surface area contributed by atoms with Crippen molar-refractivity contribution in [1.82, 2.24) is 0 Å². The number of carbonyl (C=O) groups is 3. The Labute approximate surface area is 152 Å². The van der Waals surface area contributed by atoms with Gasteiger partial charge in [-0.25, -0.2) is 18.4 Å². The van der Waals surface area contributed by atoms with Crippen LogP contribution in [0.25, 0.3) is 0 Å². The van der Waals surface area contributed by atoms with Gasteiger partial charge < -0.3 is 19.5 Å². The lowest BCUT2D eigenvalue weighted by Crippen LogP contribution is -2.21. The van der Waals surface area contributed by atoms with E-state index in [0.29, 0.717) is 6.07 Å². The van der Waals surface area contributed by atoms with Crippen molar-refractivity contribution < 1.29 is 37.4 Å². The van der Waals surface area contributed by atoms with Gasteiger partial charge in [-0.2, -0.15) is 0 Å². The normalized spacial score (nSPS) is 10.1. The van der Waals surface area contributed by atoms with E-state index in [-0.39, 0.29) is 22.6 Å². The monoisotopic (exact) mass is 379 g/mol. The minimum atomic E-state index is -0.955. The summed E-state index contributed by atoms with van der Waals surface area (Å²) in [5.74, 6) is -4.17. The van der Waals surface area contributed by atoms with Crippen LogP contribution in [0.5, 0.6) is 5.75 Å². The third kappa shape index (κ3) is 5.24. The zero-order valence-electron chi connectivity index (χ0n) is 14.4.